The molecule has 0 aliphatic heterocycles. The predicted molar refractivity (Wildman–Crippen MR) is 93.0 cm³/mol. The first-order valence-electron chi connectivity index (χ1n) is 7.36. The monoisotopic (exact) mass is 300 g/mol. The Balaban J connectivity index is 2.63. The summed E-state index contributed by atoms with van der Waals surface area (Å²) in [5.41, 5.74) is 0.516. The first-order valence-corrected chi connectivity index (χ1v) is 12.1. The molecular formula is C17H24OSi2. The third-order valence-electron chi connectivity index (χ3n) is 3.64. The summed E-state index contributed by atoms with van der Waals surface area (Å²) in [5.74, 6) is 0. The number of rotatable bonds is 5. The summed E-state index contributed by atoms with van der Waals surface area (Å²) in [7, 11) is -3.26. The molecule has 0 N–H and O–H groups in total. The number of hydrogen-bond acceptors (Lipinski definition) is 1. The zero-order valence-electron chi connectivity index (χ0n) is 12.8. The molecule has 0 aromatic heterocycles. The Morgan fingerprint density at radius 3 is 1.50 bits per heavy atom. The summed E-state index contributed by atoms with van der Waals surface area (Å²) in [6.45, 7) is 9.16. The van der Waals surface area contributed by atoms with Crippen molar-refractivity contribution >= 4 is 27.7 Å². The Bertz CT molecular complexity index is 484. The first-order chi connectivity index (χ1) is 9.57. The van der Waals surface area contributed by atoms with E-state index in [1.165, 1.54) is 10.4 Å². The molecule has 2 aromatic rings. The highest BCUT2D eigenvalue weighted by Gasteiger charge is 2.43. The van der Waals surface area contributed by atoms with E-state index in [0.29, 0.717) is 5.54 Å². The summed E-state index contributed by atoms with van der Waals surface area (Å²) in [4.78, 5) is 0. The van der Waals surface area contributed by atoms with E-state index in [1.807, 2.05) is 0 Å². The van der Waals surface area contributed by atoms with Gasteiger partial charge in [0.05, 0.1) is 0 Å². The van der Waals surface area contributed by atoms with Gasteiger partial charge in [0.2, 0.25) is 8.32 Å². The maximum Gasteiger partial charge on any atom is 0.247 e. The quantitative estimate of drug-likeness (QED) is 0.771. The van der Waals surface area contributed by atoms with Crippen molar-refractivity contribution in [1.29, 1.82) is 0 Å². The molecule has 0 atom stereocenters. The van der Waals surface area contributed by atoms with Gasteiger partial charge < -0.3 is 4.12 Å². The Morgan fingerprint density at radius 2 is 1.20 bits per heavy atom. The Labute approximate surface area is 125 Å². The molecule has 0 saturated heterocycles. The summed E-state index contributed by atoms with van der Waals surface area (Å²) in [6, 6.07) is 21.7. The van der Waals surface area contributed by atoms with Crippen molar-refractivity contribution in [2.75, 3.05) is 0 Å². The van der Waals surface area contributed by atoms with Gasteiger partial charge in [0.1, 0.15) is 0 Å². The minimum atomic E-state index is -2.13. The van der Waals surface area contributed by atoms with Crippen LogP contribution < -0.4 is 10.4 Å². The summed E-state index contributed by atoms with van der Waals surface area (Å²) in [6.07, 6.45) is 0. The van der Waals surface area contributed by atoms with Crippen molar-refractivity contribution in [2.24, 2.45) is 0 Å². The zero-order chi connectivity index (χ0) is 14.6. The Hall–Kier alpha value is -1.17. The molecule has 2 rings (SSSR count). The van der Waals surface area contributed by atoms with Crippen LogP contribution >= 0.6 is 0 Å². The van der Waals surface area contributed by atoms with E-state index < -0.39 is 17.4 Å². The van der Waals surface area contributed by atoms with E-state index in [4.69, 9.17) is 4.12 Å². The van der Waals surface area contributed by atoms with Crippen LogP contribution in [-0.2, 0) is 4.12 Å². The van der Waals surface area contributed by atoms with Crippen molar-refractivity contribution in [3.63, 3.8) is 0 Å². The van der Waals surface area contributed by atoms with E-state index in [0.717, 1.165) is 0 Å². The van der Waals surface area contributed by atoms with E-state index in [-0.39, 0.29) is 0 Å². The van der Waals surface area contributed by atoms with Crippen LogP contribution in [0.4, 0.5) is 0 Å². The van der Waals surface area contributed by atoms with Gasteiger partial charge in [-0.25, -0.2) is 0 Å². The maximum absolute atomic E-state index is 6.75. The van der Waals surface area contributed by atoms with E-state index in [9.17, 15) is 0 Å². The summed E-state index contributed by atoms with van der Waals surface area (Å²) >= 11 is 0. The van der Waals surface area contributed by atoms with E-state index in [2.05, 4.69) is 87.6 Å². The molecule has 3 heteroatoms. The van der Waals surface area contributed by atoms with Crippen LogP contribution in [0.25, 0.3) is 0 Å². The first kappa shape index (κ1) is 15.2. The lowest BCUT2D eigenvalue weighted by Crippen LogP contribution is -2.64. The second-order valence-corrected chi connectivity index (χ2v) is 12.6. The second-order valence-electron chi connectivity index (χ2n) is 5.79. The highest BCUT2D eigenvalue weighted by atomic mass is 28.4. The number of benzene rings is 2. The minimum Gasteiger partial charge on any atom is -0.451 e. The molecule has 2 aromatic carbocycles. The van der Waals surface area contributed by atoms with Gasteiger partial charge in [0, 0.05) is 0 Å². The van der Waals surface area contributed by atoms with Crippen molar-refractivity contribution < 1.29 is 4.12 Å². The molecule has 0 aliphatic carbocycles. The molecule has 0 aliphatic rings. The lowest BCUT2D eigenvalue weighted by molar-refractivity contribution is 0.571. The predicted octanol–water partition coefficient (Wildman–Crippen LogP) is 3.16. The van der Waals surface area contributed by atoms with Gasteiger partial charge in [0.25, 0.3) is 0 Å². The molecule has 106 valence electrons. The van der Waals surface area contributed by atoms with Gasteiger partial charge >= 0.3 is 0 Å². The normalized spacial score (nSPS) is 12.1. The van der Waals surface area contributed by atoms with Crippen molar-refractivity contribution in [1.82, 2.24) is 0 Å². The molecule has 0 bridgehead atoms. The maximum atomic E-state index is 6.75. The van der Waals surface area contributed by atoms with Gasteiger partial charge in [-0.2, -0.15) is 0 Å². The van der Waals surface area contributed by atoms with Crippen LogP contribution in [0.1, 0.15) is 13.8 Å². The average molecular weight is 301 g/mol. The van der Waals surface area contributed by atoms with Gasteiger partial charge in [-0.15, -0.1) is 0 Å². The van der Waals surface area contributed by atoms with Crippen LogP contribution in [0.5, 0.6) is 0 Å². The largest absolute Gasteiger partial charge is 0.451 e. The fourth-order valence-corrected chi connectivity index (χ4v) is 11.0. The highest BCUT2D eigenvalue weighted by molar-refractivity contribution is 7.01. The fourth-order valence-electron chi connectivity index (χ4n) is 2.85. The molecule has 0 saturated carbocycles. The summed E-state index contributed by atoms with van der Waals surface area (Å²) < 4.78 is 6.75. The second kappa shape index (κ2) is 6.52. The smallest absolute Gasteiger partial charge is 0.247 e. The Kier molecular flexibility index (Phi) is 4.97. The van der Waals surface area contributed by atoms with Crippen LogP contribution in [0.2, 0.25) is 18.6 Å². The van der Waals surface area contributed by atoms with Crippen molar-refractivity contribution in [3.8, 4) is 0 Å². The fraction of sp³-hybridized carbons (Fsp3) is 0.294. The third-order valence-corrected chi connectivity index (χ3v) is 11.0. The molecule has 0 heterocycles. The number of hydrogen-bond donors (Lipinski definition) is 0. The van der Waals surface area contributed by atoms with Gasteiger partial charge in [0.15, 0.2) is 9.04 Å². The topological polar surface area (TPSA) is 9.23 Å². The molecule has 0 amide bonds. The SMILES string of the molecule is CC(C)[Si](O[SiH](C)C)(c1ccccc1)c1ccccc1. The third kappa shape index (κ3) is 2.95. The molecule has 0 spiro atoms. The van der Waals surface area contributed by atoms with E-state index in [1.54, 1.807) is 0 Å². The van der Waals surface area contributed by atoms with E-state index >= 15 is 0 Å². The van der Waals surface area contributed by atoms with Crippen LogP contribution in [0, 0.1) is 0 Å². The molecule has 1 nitrogen and oxygen atoms in total. The summed E-state index contributed by atoms with van der Waals surface area (Å²) in [5, 5.41) is 2.78. The van der Waals surface area contributed by atoms with Crippen LogP contribution in [-0.4, -0.2) is 17.4 Å². The average Bonchev–Trinajstić information content (AvgIpc) is 2.46. The van der Waals surface area contributed by atoms with Gasteiger partial charge in [-0.05, 0) is 29.0 Å². The molecule has 0 radical (unpaired) electrons. The van der Waals surface area contributed by atoms with Crippen LogP contribution in [0.3, 0.4) is 0 Å². The lowest BCUT2D eigenvalue weighted by Gasteiger charge is -2.38. The molecule has 0 fully saturated rings. The van der Waals surface area contributed by atoms with Crippen molar-refractivity contribution in [3.05, 3.63) is 60.7 Å². The van der Waals surface area contributed by atoms with Gasteiger partial charge in [-0.3, -0.25) is 0 Å². The molecule has 0 unspecified atom stereocenters. The van der Waals surface area contributed by atoms with Crippen LogP contribution in [0.15, 0.2) is 60.7 Å². The standard InChI is InChI=1S/C17H24OSi2/c1-15(2)20(18-19(3)4,16-11-7-5-8-12-16)17-13-9-6-10-14-17/h5-15,19H,1-4H3. The minimum absolute atomic E-state index is 0.516. The zero-order valence-corrected chi connectivity index (χ0v) is 15.0. The van der Waals surface area contributed by atoms with Gasteiger partial charge in [-0.1, -0.05) is 74.5 Å². The molecule has 20 heavy (non-hydrogen) atoms. The molecular weight excluding hydrogens is 276 g/mol. The Morgan fingerprint density at radius 1 is 0.800 bits per heavy atom. The lowest BCUT2D eigenvalue weighted by atomic mass is 10.4. The van der Waals surface area contributed by atoms with Crippen molar-refractivity contribution in [2.45, 2.75) is 32.5 Å². The highest BCUT2D eigenvalue weighted by Crippen LogP contribution is 2.23.